The first-order chi connectivity index (χ1) is 32.8. The molecule has 0 spiro atoms. The molecule has 1 N–H and O–H groups in total. The van der Waals surface area contributed by atoms with Gasteiger partial charge in [-0.1, -0.05) is 184 Å². The second kappa shape index (κ2) is 15.1. The molecule has 69 heavy (non-hydrogen) atoms. The van der Waals surface area contributed by atoms with Gasteiger partial charge in [0, 0.05) is 39.4 Å². The molecule has 0 amide bonds. The number of rotatable bonds is 5. The van der Waals surface area contributed by atoms with Gasteiger partial charge in [0.1, 0.15) is 0 Å². The van der Waals surface area contributed by atoms with E-state index in [0.717, 1.165) is 17.8 Å². The molecule has 1 aliphatic heterocycles. The summed E-state index contributed by atoms with van der Waals surface area (Å²) in [6, 6.07) is 55.9. The summed E-state index contributed by atoms with van der Waals surface area (Å²) in [5, 5.41) is 6.67. The van der Waals surface area contributed by atoms with E-state index in [1.54, 1.807) is 0 Å². The number of aryl methyl sites for hydroxylation is 1. The van der Waals surface area contributed by atoms with Crippen molar-refractivity contribution >= 4 is 57.4 Å². The lowest BCUT2D eigenvalue weighted by Crippen LogP contribution is -2.42. The van der Waals surface area contributed by atoms with Gasteiger partial charge >= 0.3 is 0 Å². The molecule has 4 aliphatic rings. The van der Waals surface area contributed by atoms with E-state index in [2.05, 4.69) is 239 Å². The highest BCUT2D eigenvalue weighted by molar-refractivity contribution is 6.74. The van der Waals surface area contributed by atoms with Gasteiger partial charge in [0.15, 0.2) is 7.28 Å². The van der Waals surface area contributed by atoms with Crippen LogP contribution in [0.25, 0.3) is 44.2 Å². The lowest BCUT2D eigenvalue weighted by atomic mass is 9.57. The van der Waals surface area contributed by atoms with Gasteiger partial charge in [-0.15, -0.1) is 0 Å². The molecule has 1 heterocycles. The van der Waals surface area contributed by atoms with E-state index in [1.807, 2.05) is 0 Å². The first-order valence-corrected chi connectivity index (χ1v) is 25.6. The van der Waals surface area contributed by atoms with E-state index >= 15 is 0 Å². The summed E-state index contributed by atoms with van der Waals surface area (Å²) in [7, 11) is 2.51. The Morgan fingerprint density at radius 1 is 0.464 bits per heavy atom. The summed E-state index contributed by atoms with van der Waals surface area (Å²) in [6.45, 7) is 26.8. The summed E-state index contributed by atoms with van der Waals surface area (Å²) in [4.78, 5) is 2.64. The number of hydrogen-bond acceptors (Lipinski definition) is 2. The Kier molecular flexibility index (Phi) is 9.61. The van der Waals surface area contributed by atoms with Crippen LogP contribution in [0.1, 0.15) is 134 Å². The lowest BCUT2D eigenvalue weighted by molar-refractivity contribution is 0.332. The Morgan fingerprint density at radius 3 is 1.84 bits per heavy atom. The Labute approximate surface area is 412 Å². The normalized spacial score (nSPS) is 18.2. The van der Waals surface area contributed by atoms with E-state index in [1.165, 1.54) is 130 Å². The molecule has 0 saturated carbocycles. The molecule has 343 valence electrons. The monoisotopic (exact) mass is 898 g/mol. The highest BCUT2D eigenvalue weighted by Gasteiger charge is 2.43. The number of fused-ring (bicyclic) bond motifs is 8. The van der Waals surface area contributed by atoms with Crippen molar-refractivity contribution in [2.24, 2.45) is 0 Å². The van der Waals surface area contributed by atoms with Crippen molar-refractivity contribution in [2.75, 3.05) is 10.2 Å². The molecule has 2 nitrogen and oxygen atoms in total. The molecular weight excluding hydrogens is 832 g/mol. The van der Waals surface area contributed by atoms with E-state index in [9.17, 15) is 0 Å². The predicted octanol–water partition coefficient (Wildman–Crippen LogP) is 16.7. The maximum absolute atomic E-state index is 4.17. The van der Waals surface area contributed by atoms with Crippen molar-refractivity contribution in [1.29, 1.82) is 0 Å². The van der Waals surface area contributed by atoms with Crippen molar-refractivity contribution < 1.29 is 0 Å². The zero-order chi connectivity index (χ0) is 48.0. The van der Waals surface area contributed by atoms with Crippen LogP contribution < -0.4 is 21.1 Å². The second-order valence-corrected chi connectivity index (χ2v) is 24.2. The maximum atomic E-state index is 4.17. The highest BCUT2D eigenvalue weighted by atomic mass is 15.2. The third-order valence-corrected chi connectivity index (χ3v) is 17.5. The van der Waals surface area contributed by atoms with Crippen LogP contribution in [0, 0.1) is 6.92 Å². The van der Waals surface area contributed by atoms with Gasteiger partial charge in [-0.2, -0.15) is 0 Å². The first kappa shape index (κ1) is 43.9. The number of hydrogen-bond donors (Lipinski definition) is 1. The summed E-state index contributed by atoms with van der Waals surface area (Å²) < 4.78 is 0. The van der Waals surface area contributed by atoms with Gasteiger partial charge in [0.25, 0.3) is 0 Å². The molecule has 8 aromatic carbocycles. The van der Waals surface area contributed by atoms with Crippen molar-refractivity contribution in [1.82, 2.24) is 0 Å². The third kappa shape index (κ3) is 6.73. The zero-order valence-corrected chi connectivity index (χ0v) is 42.7. The molecule has 0 fully saturated rings. The standard InChI is InChI=1S/C66H66BN2/c1-40-35-50-52(65(8,9)34-33-63(50,4)5)39-55(40)69-56-36-42(41-19-13-12-14-20-41)25-29-53(56)67-61-57(69)37-43-21-15-16-22-45(43)58(61)59-54(30-27-47-46-23-17-18-24-48(46)66(10,11)60(47)59)68-44-26-28-49-51(38-44)64(6,7)32-31-62(49,2)3/h12-30,35-39,68H,31-34H2,1-11H3. The van der Waals surface area contributed by atoms with E-state index in [-0.39, 0.29) is 27.1 Å². The second-order valence-electron chi connectivity index (χ2n) is 24.2. The Morgan fingerprint density at radius 2 is 1.10 bits per heavy atom. The Balaban J connectivity index is 1.16. The quantitative estimate of drug-likeness (QED) is 0.173. The minimum Gasteiger partial charge on any atom is -0.355 e. The summed E-state index contributed by atoms with van der Waals surface area (Å²) in [5.74, 6) is 0. The van der Waals surface area contributed by atoms with Crippen LogP contribution >= 0.6 is 0 Å². The third-order valence-electron chi connectivity index (χ3n) is 17.5. The first-order valence-electron chi connectivity index (χ1n) is 25.6. The smallest absolute Gasteiger partial charge is 0.197 e. The molecule has 0 unspecified atom stereocenters. The van der Waals surface area contributed by atoms with Crippen LogP contribution in [-0.4, -0.2) is 7.28 Å². The number of nitrogens with one attached hydrogen (secondary N) is 1. The van der Waals surface area contributed by atoms with Crippen molar-refractivity contribution in [3.05, 3.63) is 185 Å². The lowest BCUT2D eigenvalue weighted by Gasteiger charge is -2.44. The topological polar surface area (TPSA) is 15.3 Å². The highest BCUT2D eigenvalue weighted by Crippen LogP contribution is 2.57. The van der Waals surface area contributed by atoms with Crippen LogP contribution in [0.2, 0.25) is 0 Å². The fourth-order valence-electron chi connectivity index (χ4n) is 13.2. The van der Waals surface area contributed by atoms with E-state index < -0.39 is 0 Å². The summed E-state index contributed by atoms with van der Waals surface area (Å²) >= 11 is 0. The molecule has 3 heteroatoms. The molecular formula is C66H66BN2. The predicted molar refractivity (Wildman–Crippen MR) is 297 cm³/mol. The van der Waals surface area contributed by atoms with E-state index in [4.69, 9.17) is 0 Å². The summed E-state index contributed by atoms with van der Waals surface area (Å²) in [6.07, 6.45) is 4.72. The van der Waals surface area contributed by atoms with Crippen LogP contribution in [0.3, 0.4) is 0 Å². The van der Waals surface area contributed by atoms with E-state index in [0.29, 0.717) is 0 Å². The molecule has 8 aromatic rings. The number of anilines is 5. The molecule has 12 rings (SSSR count). The van der Waals surface area contributed by atoms with Crippen molar-refractivity contribution in [3.8, 4) is 33.4 Å². The van der Waals surface area contributed by atoms with Gasteiger partial charge in [-0.25, -0.2) is 0 Å². The average molecular weight is 898 g/mol. The summed E-state index contributed by atoms with van der Waals surface area (Å²) in [5.41, 5.74) is 26.2. The van der Waals surface area contributed by atoms with Crippen LogP contribution in [0.5, 0.6) is 0 Å². The largest absolute Gasteiger partial charge is 0.355 e. The SMILES string of the molecule is Cc1cc2c(cc1N1c3cc(-c4ccccc4)ccc3[B]c3c1cc1ccccc1c3-c1c(Nc3ccc4c(c3)C(C)(C)CCC4(C)C)ccc3c1C(C)(C)c1ccccc1-3)C(C)(C)CCC2(C)C. The van der Waals surface area contributed by atoms with Crippen molar-refractivity contribution in [3.63, 3.8) is 0 Å². The van der Waals surface area contributed by atoms with Crippen LogP contribution in [0.15, 0.2) is 146 Å². The Bertz CT molecular complexity index is 3440. The minimum atomic E-state index is -0.269. The van der Waals surface area contributed by atoms with Gasteiger partial charge in [0.05, 0.1) is 0 Å². The molecule has 0 bridgehead atoms. The van der Waals surface area contributed by atoms with Gasteiger partial charge in [0.2, 0.25) is 0 Å². The van der Waals surface area contributed by atoms with Crippen LogP contribution in [0.4, 0.5) is 28.4 Å². The van der Waals surface area contributed by atoms with Gasteiger partial charge in [-0.05, 0) is 174 Å². The molecule has 0 saturated heterocycles. The fourth-order valence-corrected chi connectivity index (χ4v) is 13.2. The van der Waals surface area contributed by atoms with Crippen molar-refractivity contribution in [2.45, 2.75) is 129 Å². The number of benzene rings is 8. The fraction of sp³-hybridized carbons (Fsp3) is 0.303. The molecule has 3 aliphatic carbocycles. The molecule has 1 radical (unpaired) electrons. The minimum absolute atomic E-state index is 0.0503. The van der Waals surface area contributed by atoms with Gasteiger partial charge in [-0.3, -0.25) is 0 Å². The average Bonchev–Trinajstić information content (AvgIpc) is 3.56. The van der Waals surface area contributed by atoms with Gasteiger partial charge < -0.3 is 10.2 Å². The maximum Gasteiger partial charge on any atom is 0.197 e. The van der Waals surface area contributed by atoms with Crippen LogP contribution in [-0.2, 0) is 27.1 Å². The molecule has 0 aromatic heterocycles. The zero-order valence-electron chi connectivity index (χ0n) is 42.7. The Hall–Kier alpha value is -6.32. The number of nitrogens with zero attached hydrogens (tertiary/aromatic N) is 1. The molecule has 0 atom stereocenters.